The summed E-state index contributed by atoms with van der Waals surface area (Å²) in [5.74, 6) is 0.461. The monoisotopic (exact) mass is 317 g/mol. The molecule has 0 aliphatic heterocycles. The second-order valence-corrected chi connectivity index (χ2v) is 4.79. The number of carbonyl (C=O) groups is 1. The molecule has 0 heterocycles. The van der Waals surface area contributed by atoms with Gasteiger partial charge in [-0.1, -0.05) is 30.3 Å². The Bertz CT molecular complexity index is 620. The summed E-state index contributed by atoms with van der Waals surface area (Å²) in [4.78, 5) is 16.7. The molecule has 2 aromatic rings. The highest BCUT2D eigenvalue weighted by molar-refractivity contribution is 5.53. The van der Waals surface area contributed by atoms with Crippen LogP contribution in [0.3, 0.4) is 0 Å². The molecule has 122 valence electrons. The Hall–Kier alpha value is -2.73. The number of phenols is 1. The Morgan fingerprint density at radius 2 is 1.65 bits per heavy atom. The fourth-order valence-corrected chi connectivity index (χ4v) is 2.06. The van der Waals surface area contributed by atoms with Crippen molar-refractivity contribution < 1.29 is 24.2 Å². The molecule has 2 rings (SSSR count). The maximum atomic E-state index is 11.2. The molecule has 1 N–H and O–H groups in total. The molecule has 2 aromatic carbocycles. The number of amides is 1. The molecule has 0 fully saturated rings. The number of aromatic hydroxyl groups is 1. The number of ether oxygens (including phenoxy) is 2. The first kappa shape index (κ1) is 16.6. The Labute approximate surface area is 134 Å². The lowest BCUT2D eigenvalue weighted by Gasteiger charge is -2.18. The smallest absolute Gasteiger partial charge is 0.233 e. The van der Waals surface area contributed by atoms with Crippen molar-refractivity contribution in [3.05, 3.63) is 53.6 Å². The first-order chi connectivity index (χ1) is 11.2. The van der Waals surface area contributed by atoms with Crippen LogP contribution in [-0.2, 0) is 22.8 Å². The van der Waals surface area contributed by atoms with Gasteiger partial charge in [0.25, 0.3) is 0 Å². The second kappa shape index (κ2) is 8.05. The first-order valence-corrected chi connectivity index (χ1v) is 7.00. The minimum atomic E-state index is -0.0818. The molecule has 0 bridgehead atoms. The van der Waals surface area contributed by atoms with Crippen LogP contribution in [0, 0.1) is 0 Å². The van der Waals surface area contributed by atoms with Gasteiger partial charge in [-0.05, 0) is 23.3 Å². The van der Waals surface area contributed by atoms with Crippen LogP contribution in [-0.4, -0.2) is 30.8 Å². The number of rotatable bonds is 8. The van der Waals surface area contributed by atoms with E-state index in [1.165, 1.54) is 19.3 Å². The van der Waals surface area contributed by atoms with Crippen molar-refractivity contribution in [1.82, 2.24) is 5.06 Å². The lowest BCUT2D eigenvalue weighted by Crippen LogP contribution is -2.21. The minimum absolute atomic E-state index is 0.0818. The maximum Gasteiger partial charge on any atom is 0.233 e. The fourth-order valence-electron chi connectivity index (χ4n) is 2.06. The van der Waals surface area contributed by atoms with Crippen LogP contribution in [0.25, 0.3) is 0 Å². The number of hydroxylamine groups is 2. The standard InChI is InChI=1S/C17H19NO5/c1-21-15-8-14(9-16(22-2)17(15)20)10-18(12-19)23-11-13-6-4-3-5-7-13/h3-9,12,20H,10-11H2,1-2H3. The highest BCUT2D eigenvalue weighted by Crippen LogP contribution is 2.37. The van der Waals surface area contributed by atoms with E-state index in [4.69, 9.17) is 14.3 Å². The average molecular weight is 317 g/mol. The maximum absolute atomic E-state index is 11.2. The van der Waals surface area contributed by atoms with Crippen molar-refractivity contribution in [1.29, 1.82) is 0 Å². The largest absolute Gasteiger partial charge is 0.502 e. The van der Waals surface area contributed by atoms with Crippen LogP contribution < -0.4 is 9.47 Å². The summed E-state index contributed by atoms with van der Waals surface area (Å²) in [5, 5.41) is 11.1. The molecule has 6 heteroatoms. The summed E-state index contributed by atoms with van der Waals surface area (Å²) < 4.78 is 10.2. The number of benzene rings is 2. The zero-order valence-corrected chi connectivity index (χ0v) is 13.1. The number of phenolic OH excluding ortho intramolecular Hbond substituents is 1. The lowest BCUT2D eigenvalue weighted by atomic mass is 10.2. The lowest BCUT2D eigenvalue weighted by molar-refractivity contribution is -0.181. The summed E-state index contributed by atoms with van der Waals surface area (Å²) >= 11 is 0. The normalized spacial score (nSPS) is 10.2. The van der Waals surface area contributed by atoms with Crippen LogP contribution in [0.15, 0.2) is 42.5 Å². The Kier molecular flexibility index (Phi) is 5.82. The molecule has 0 saturated carbocycles. The van der Waals surface area contributed by atoms with Crippen LogP contribution in [0.2, 0.25) is 0 Å². The molecule has 0 aliphatic carbocycles. The number of methoxy groups -OCH3 is 2. The Morgan fingerprint density at radius 1 is 1.04 bits per heavy atom. The van der Waals surface area contributed by atoms with Gasteiger partial charge in [-0.15, -0.1) is 0 Å². The van der Waals surface area contributed by atoms with Gasteiger partial charge >= 0.3 is 0 Å². The molecule has 0 aromatic heterocycles. The van der Waals surface area contributed by atoms with Gasteiger partial charge in [0.1, 0.15) is 6.61 Å². The predicted octanol–water partition coefficient (Wildman–Crippen LogP) is 2.50. The third-order valence-corrected chi connectivity index (χ3v) is 3.24. The van der Waals surface area contributed by atoms with Crippen molar-refractivity contribution in [3.8, 4) is 17.2 Å². The predicted molar refractivity (Wildman–Crippen MR) is 84.0 cm³/mol. The summed E-state index contributed by atoms with van der Waals surface area (Å²) in [6.45, 7) is 0.481. The van der Waals surface area contributed by atoms with Crippen molar-refractivity contribution in [2.45, 2.75) is 13.2 Å². The molecule has 0 radical (unpaired) electrons. The zero-order chi connectivity index (χ0) is 16.7. The summed E-state index contributed by atoms with van der Waals surface area (Å²) in [7, 11) is 2.89. The van der Waals surface area contributed by atoms with Gasteiger partial charge < -0.3 is 14.6 Å². The van der Waals surface area contributed by atoms with Crippen molar-refractivity contribution in [3.63, 3.8) is 0 Å². The molecule has 0 saturated heterocycles. The van der Waals surface area contributed by atoms with Crippen LogP contribution in [0.1, 0.15) is 11.1 Å². The van der Waals surface area contributed by atoms with E-state index in [-0.39, 0.29) is 30.4 Å². The molecule has 6 nitrogen and oxygen atoms in total. The van der Waals surface area contributed by atoms with Gasteiger partial charge in [-0.25, -0.2) is 5.06 Å². The van der Waals surface area contributed by atoms with Gasteiger partial charge in [0.2, 0.25) is 12.2 Å². The number of hydrogen-bond donors (Lipinski definition) is 1. The number of nitrogens with zero attached hydrogens (tertiary/aromatic N) is 1. The van der Waals surface area contributed by atoms with E-state index in [1.54, 1.807) is 12.1 Å². The van der Waals surface area contributed by atoms with Gasteiger partial charge in [-0.2, -0.15) is 0 Å². The topological polar surface area (TPSA) is 68.2 Å². The fraction of sp³-hybridized carbons (Fsp3) is 0.235. The Balaban J connectivity index is 2.07. The van der Waals surface area contributed by atoms with E-state index in [9.17, 15) is 9.90 Å². The summed E-state index contributed by atoms with van der Waals surface area (Å²) in [5.41, 5.74) is 1.66. The van der Waals surface area contributed by atoms with Gasteiger partial charge in [0.05, 0.1) is 20.8 Å². The van der Waals surface area contributed by atoms with E-state index >= 15 is 0 Å². The van der Waals surface area contributed by atoms with Gasteiger partial charge in [0.15, 0.2) is 11.5 Å². The van der Waals surface area contributed by atoms with Crippen LogP contribution in [0.4, 0.5) is 0 Å². The highest BCUT2D eigenvalue weighted by Gasteiger charge is 2.13. The van der Waals surface area contributed by atoms with Crippen molar-refractivity contribution in [2.24, 2.45) is 0 Å². The quantitative estimate of drug-likeness (QED) is 0.598. The zero-order valence-electron chi connectivity index (χ0n) is 13.1. The molecule has 0 unspecified atom stereocenters. The van der Waals surface area contributed by atoms with E-state index in [0.717, 1.165) is 5.56 Å². The molecular formula is C17H19NO5. The van der Waals surface area contributed by atoms with Gasteiger partial charge in [0, 0.05) is 0 Å². The van der Waals surface area contributed by atoms with Crippen molar-refractivity contribution in [2.75, 3.05) is 14.2 Å². The molecule has 23 heavy (non-hydrogen) atoms. The minimum Gasteiger partial charge on any atom is -0.502 e. The third-order valence-electron chi connectivity index (χ3n) is 3.24. The van der Waals surface area contributed by atoms with Gasteiger partial charge in [-0.3, -0.25) is 9.63 Å². The van der Waals surface area contributed by atoms with Crippen LogP contribution >= 0.6 is 0 Å². The molecule has 0 aliphatic rings. The second-order valence-electron chi connectivity index (χ2n) is 4.79. The Morgan fingerprint density at radius 3 is 2.17 bits per heavy atom. The molecular weight excluding hydrogens is 298 g/mol. The number of hydrogen-bond acceptors (Lipinski definition) is 5. The van der Waals surface area contributed by atoms with E-state index in [1.807, 2.05) is 30.3 Å². The third kappa shape index (κ3) is 4.37. The molecule has 0 atom stereocenters. The SMILES string of the molecule is COc1cc(CN(C=O)OCc2ccccc2)cc(OC)c1O. The molecule has 1 amide bonds. The highest BCUT2D eigenvalue weighted by atomic mass is 16.7. The average Bonchev–Trinajstić information content (AvgIpc) is 2.60. The van der Waals surface area contributed by atoms with E-state index in [2.05, 4.69) is 0 Å². The van der Waals surface area contributed by atoms with E-state index in [0.29, 0.717) is 12.0 Å². The summed E-state index contributed by atoms with van der Waals surface area (Å²) in [6.07, 6.45) is 0.606. The number of carbonyl (C=O) groups excluding carboxylic acids is 1. The van der Waals surface area contributed by atoms with Crippen LogP contribution in [0.5, 0.6) is 17.2 Å². The first-order valence-electron chi connectivity index (χ1n) is 7.00. The molecule has 0 spiro atoms. The van der Waals surface area contributed by atoms with E-state index < -0.39 is 0 Å². The summed E-state index contributed by atoms with van der Waals surface area (Å²) in [6, 6.07) is 12.8. The van der Waals surface area contributed by atoms with Crippen molar-refractivity contribution >= 4 is 6.41 Å².